The van der Waals surface area contributed by atoms with Gasteiger partial charge in [-0.25, -0.2) is 0 Å². The van der Waals surface area contributed by atoms with Crippen molar-refractivity contribution in [3.8, 4) is 11.5 Å². The van der Waals surface area contributed by atoms with Crippen molar-refractivity contribution in [2.75, 3.05) is 6.61 Å². The third-order valence-electron chi connectivity index (χ3n) is 4.13. The SMILES string of the molecule is O=C(C1COc2ccccc2O1)N(Cc1ccsc1)Cc1ccccn1. The number of amides is 1. The maximum absolute atomic E-state index is 13.1. The lowest BCUT2D eigenvalue weighted by molar-refractivity contribution is -0.142. The number of thiophene rings is 1. The molecule has 1 aliphatic rings. The largest absolute Gasteiger partial charge is 0.485 e. The molecular formula is C20H18N2O3S. The highest BCUT2D eigenvalue weighted by Crippen LogP contribution is 2.31. The van der Waals surface area contributed by atoms with Crippen molar-refractivity contribution in [3.05, 3.63) is 76.7 Å². The molecule has 0 saturated heterocycles. The molecule has 0 aliphatic carbocycles. The number of benzene rings is 1. The fraction of sp³-hybridized carbons (Fsp3) is 0.200. The van der Waals surface area contributed by atoms with Crippen molar-refractivity contribution in [2.45, 2.75) is 19.2 Å². The number of hydrogen-bond acceptors (Lipinski definition) is 5. The fourth-order valence-electron chi connectivity index (χ4n) is 2.85. The summed E-state index contributed by atoms with van der Waals surface area (Å²) >= 11 is 1.62. The molecular weight excluding hydrogens is 348 g/mol. The Hall–Kier alpha value is -2.86. The lowest BCUT2D eigenvalue weighted by Gasteiger charge is -2.30. The molecule has 3 aromatic rings. The topological polar surface area (TPSA) is 51.7 Å². The van der Waals surface area contributed by atoms with Crippen LogP contribution in [-0.4, -0.2) is 28.5 Å². The first-order chi connectivity index (χ1) is 12.8. The predicted molar refractivity (Wildman–Crippen MR) is 99.2 cm³/mol. The molecule has 2 aromatic heterocycles. The van der Waals surface area contributed by atoms with Crippen molar-refractivity contribution in [2.24, 2.45) is 0 Å². The highest BCUT2D eigenvalue weighted by atomic mass is 32.1. The molecule has 0 N–H and O–H groups in total. The molecule has 6 heteroatoms. The average molecular weight is 366 g/mol. The summed E-state index contributed by atoms with van der Waals surface area (Å²) in [5, 5.41) is 4.06. The van der Waals surface area contributed by atoms with E-state index in [0.29, 0.717) is 24.6 Å². The minimum Gasteiger partial charge on any atom is -0.485 e. The Morgan fingerprint density at radius 3 is 2.73 bits per heavy atom. The zero-order chi connectivity index (χ0) is 17.8. The van der Waals surface area contributed by atoms with Gasteiger partial charge in [-0.05, 0) is 46.7 Å². The number of hydrogen-bond donors (Lipinski definition) is 0. The van der Waals surface area contributed by atoms with Crippen molar-refractivity contribution in [3.63, 3.8) is 0 Å². The highest BCUT2D eigenvalue weighted by Gasteiger charge is 2.31. The summed E-state index contributed by atoms with van der Waals surface area (Å²) < 4.78 is 11.6. The molecule has 0 saturated carbocycles. The Labute approximate surface area is 155 Å². The van der Waals surface area contributed by atoms with Crippen LogP contribution in [0.4, 0.5) is 0 Å². The summed E-state index contributed by atoms with van der Waals surface area (Å²) in [6, 6.07) is 15.1. The first-order valence-corrected chi connectivity index (χ1v) is 9.32. The van der Waals surface area contributed by atoms with Gasteiger partial charge in [0.25, 0.3) is 5.91 Å². The molecule has 1 amide bonds. The molecule has 1 aromatic carbocycles. The Morgan fingerprint density at radius 1 is 1.12 bits per heavy atom. The van der Waals surface area contributed by atoms with E-state index < -0.39 is 6.10 Å². The number of carbonyl (C=O) groups is 1. The van der Waals surface area contributed by atoms with Gasteiger partial charge >= 0.3 is 0 Å². The normalized spacial score (nSPS) is 15.5. The van der Waals surface area contributed by atoms with Crippen LogP contribution in [-0.2, 0) is 17.9 Å². The second-order valence-electron chi connectivity index (χ2n) is 6.01. The van der Waals surface area contributed by atoms with Crippen LogP contribution in [0.15, 0.2) is 65.5 Å². The van der Waals surface area contributed by atoms with Crippen LogP contribution < -0.4 is 9.47 Å². The van der Waals surface area contributed by atoms with Gasteiger partial charge in [0.2, 0.25) is 6.10 Å². The first-order valence-electron chi connectivity index (χ1n) is 8.38. The fourth-order valence-corrected chi connectivity index (χ4v) is 3.51. The smallest absolute Gasteiger partial charge is 0.267 e. The summed E-state index contributed by atoms with van der Waals surface area (Å²) in [5.41, 5.74) is 1.93. The second-order valence-corrected chi connectivity index (χ2v) is 6.79. The molecule has 4 rings (SSSR count). The van der Waals surface area contributed by atoms with Crippen LogP contribution >= 0.6 is 11.3 Å². The van der Waals surface area contributed by atoms with Crippen LogP contribution in [0.3, 0.4) is 0 Å². The predicted octanol–water partition coefficient (Wildman–Crippen LogP) is 3.51. The molecule has 132 valence electrons. The molecule has 3 heterocycles. The van der Waals surface area contributed by atoms with E-state index in [2.05, 4.69) is 4.98 Å². The van der Waals surface area contributed by atoms with Crippen LogP contribution in [0, 0.1) is 0 Å². The van der Waals surface area contributed by atoms with Crippen LogP contribution in [0.25, 0.3) is 0 Å². The number of ether oxygens (including phenoxy) is 2. The first kappa shape index (κ1) is 16.6. The number of aromatic nitrogens is 1. The molecule has 0 fully saturated rings. The van der Waals surface area contributed by atoms with Crippen molar-refractivity contribution in [1.29, 1.82) is 0 Å². The van der Waals surface area contributed by atoms with E-state index in [1.807, 2.05) is 59.3 Å². The third-order valence-corrected chi connectivity index (χ3v) is 4.86. The van der Waals surface area contributed by atoms with Gasteiger partial charge in [-0.2, -0.15) is 11.3 Å². The van der Waals surface area contributed by atoms with E-state index >= 15 is 0 Å². The van der Waals surface area contributed by atoms with Gasteiger partial charge in [0.1, 0.15) is 6.61 Å². The summed E-state index contributed by atoms with van der Waals surface area (Å²) in [4.78, 5) is 19.3. The van der Waals surface area contributed by atoms with E-state index in [0.717, 1.165) is 11.3 Å². The lowest BCUT2D eigenvalue weighted by atomic mass is 10.2. The highest BCUT2D eigenvalue weighted by molar-refractivity contribution is 7.07. The summed E-state index contributed by atoms with van der Waals surface area (Å²) in [5.74, 6) is 1.17. The monoisotopic (exact) mass is 366 g/mol. The van der Waals surface area contributed by atoms with Gasteiger partial charge in [0, 0.05) is 12.7 Å². The number of nitrogens with zero attached hydrogens (tertiary/aromatic N) is 2. The van der Waals surface area contributed by atoms with Gasteiger partial charge in [-0.15, -0.1) is 0 Å². The van der Waals surface area contributed by atoms with E-state index in [-0.39, 0.29) is 12.5 Å². The molecule has 0 radical (unpaired) electrons. The molecule has 0 bridgehead atoms. The zero-order valence-electron chi connectivity index (χ0n) is 14.1. The third kappa shape index (κ3) is 3.70. The summed E-state index contributed by atoms with van der Waals surface area (Å²) in [6.45, 7) is 1.15. The van der Waals surface area contributed by atoms with E-state index in [1.165, 1.54) is 0 Å². The Balaban J connectivity index is 1.54. The standard InChI is InChI=1S/C20H18N2O3S/c23-20(19-13-24-17-6-1-2-7-18(17)25-19)22(11-15-8-10-26-14-15)12-16-5-3-4-9-21-16/h1-10,14,19H,11-13H2. The second kappa shape index (κ2) is 7.58. The van der Waals surface area contributed by atoms with E-state index in [1.54, 1.807) is 22.4 Å². The number of para-hydroxylation sites is 2. The van der Waals surface area contributed by atoms with Crippen LogP contribution in [0.5, 0.6) is 11.5 Å². The molecule has 0 spiro atoms. The van der Waals surface area contributed by atoms with E-state index in [4.69, 9.17) is 9.47 Å². The number of pyridine rings is 1. The Morgan fingerprint density at radius 2 is 1.96 bits per heavy atom. The summed E-state index contributed by atoms with van der Waals surface area (Å²) in [6.07, 6.45) is 1.08. The van der Waals surface area contributed by atoms with Gasteiger partial charge in [0.05, 0.1) is 12.2 Å². The van der Waals surface area contributed by atoms with Crippen molar-refractivity contribution < 1.29 is 14.3 Å². The van der Waals surface area contributed by atoms with Crippen LogP contribution in [0.2, 0.25) is 0 Å². The molecule has 26 heavy (non-hydrogen) atoms. The lowest BCUT2D eigenvalue weighted by Crippen LogP contribution is -2.45. The van der Waals surface area contributed by atoms with Gasteiger partial charge in [-0.1, -0.05) is 18.2 Å². The maximum atomic E-state index is 13.1. The quantitative estimate of drug-likeness (QED) is 0.693. The van der Waals surface area contributed by atoms with Crippen LogP contribution in [0.1, 0.15) is 11.3 Å². The number of carbonyl (C=O) groups excluding carboxylic acids is 1. The Bertz CT molecular complexity index is 868. The Kier molecular flexibility index (Phi) is 4.84. The minimum atomic E-state index is -0.660. The molecule has 1 atom stereocenters. The van der Waals surface area contributed by atoms with Crippen molar-refractivity contribution in [1.82, 2.24) is 9.88 Å². The van der Waals surface area contributed by atoms with E-state index in [9.17, 15) is 4.79 Å². The van der Waals surface area contributed by atoms with Gasteiger partial charge in [-0.3, -0.25) is 9.78 Å². The van der Waals surface area contributed by atoms with Gasteiger partial charge < -0.3 is 14.4 Å². The number of rotatable bonds is 5. The minimum absolute atomic E-state index is 0.101. The maximum Gasteiger partial charge on any atom is 0.267 e. The molecule has 5 nitrogen and oxygen atoms in total. The summed E-state index contributed by atoms with van der Waals surface area (Å²) in [7, 11) is 0. The zero-order valence-corrected chi connectivity index (χ0v) is 14.9. The average Bonchev–Trinajstić information content (AvgIpc) is 3.20. The number of fused-ring (bicyclic) bond motifs is 1. The molecule has 1 aliphatic heterocycles. The molecule has 1 unspecified atom stereocenters. The van der Waals surface area contributed by atoms with Crippen molar-refractivity contribution >= 4 is 17.2 Å². The van der Waals surface area contributed by atoms with Gasteiger partial charge in [0.15, 0.2) is 11.5 Å².